The Morgan fingerprint density at radius 1 is 1.39 bits per heavy atom. The summed E-state index contributed by atoms with van der Waals surface area (Å²) in [7, 11) is 0. The van der Waals surface area contributed by atoms with E-state index >= 15 is 0 Å². The first-order chi connectivity index (χ1) is 14.9. The van der Waals surface area contributed by atoms with E-state index in [1.54, 1.807) is 23.9 Å². The van der Waals surface area contributed by atoms with E-state index in [2.05, 4.69) is 10.4 Å². The van der Waals surface area contributed by atoms with Crippen molar-refractivity contribution in [3.8, 4) is 16.2 Å². The minimum atomic E-state index is -0.189. The highest BCUT2D eigenvalue weighted by Crippen LogP contribution is 2.41. The van der Waals surface area contributed by atoms with Crippen molar-refractivity contribution in [3.63, 3.8) is 0 Å². The molecule has 0 fully saturated rings. The Hall–Kier alpha value is -2.90. The Morgan fingerprint density at radius 3 is 2.94 bits per heavy atom. The number of hydrogen-bond acceptors (Lipinski definition) is 5. The molecule has 2 aromatic heterocycles. The predicted molar refractivity (Wildman–Crippen MR) is 123 cm³/mol. The Kier molecular flexibility index (Phi) is 6.25. The van der Waals surface area contributed by atoms with E-state index in [1.807, 2.05) is 37.4 Å². The number of carbonyl (C=O) groups excluding carboxylic acids is 2. The number of rotatable bonds is 7. The fraction of sp³-hybridized carbons (Fsp3) is 0.261. The molecule has 3 aromatic rings. The van der Waals surface area contributed by atoms with Crippen LogP contribution in [0.25, 0.3) is 16.5 Å². The summed E-state index contributed by atoms with van der Waals surface area (Å²) in [5.74, 6) is 0.525. The molecule has 1 amide bonds. The number of nitrogens with one attached hydrogen (secondary N) is 1. The molecule has 1 atom stereocenters. The summed E-state index contributed by atoms with van der Waals surface area (Å²) in [5, 5.41) is 7.59. The van der Waals surface area contributed by atoms with Gasteiger partial charge in [0, 0.05) is 41.2 Å². The van der Waals surface area contributed by atoms with Crippen LogP contribution in [0.4, 0.5) is 0 Å². The van der Waals surface area contributed by atoms with Gasteiger partial charge < -0.3 is 10.1 Å². The number of carbonyl (C=O) groups is 2. The van der Waals surface area contributed by atoms with Crippen molar-refractivity contribution >= 4 is 40.7 Å². The normalized spacial score (nSPS) is 15.1. The summed E-state index contributed by atoms with van der Waals surface area (Å²) in [6, 6.07) is 7.67. The zero-order chi connectivity index (χ0) is 22.0. The average molecular weight is 456 g/mol. The van der Waals surface area contributed by atoms with Gasteiger partial charge >= 0.3 is 0 Å². The molecule has 1 aromatic carbocycles. The molecule has 0 aliphatic carbocycles. The van der Waals surface area contributed by atoms with Crippen LogP contribution < -0.4 is 10.1 Å². The lowest BCUT2D eigenvalue weighted by Gasteiger charge is -2.11. The van der Waals surface area contributed by atoms with Crippen molar-refractivity contribution in [1.82, 2.24) is 15.1 Å². The van der Waals surface area contributed by atoms with Gasteiger partial charge in [-0.1, -0.05) is 11.6 Å². The van der Waals surface area contributed by atoms with E-state index in [1.165, 1.54) is 17.4 Å². The van der Waals surface area contributed by atoms with Gasteiger partial charge in [-0.15, -0.1) is 11.3 Å². The van der Waals surface area contributed by atoms with Crippen molar-refractivity contribution in [2.75, 3.05) is 6.54 Å². The SMILES string of the molecule is CCn1cc(/C=C/C(=O)NCC2Cc3cc(-c4ccc(C(C)=O)s4)cc(Cl)c3O2)cn1. The van der Waals surface area contributed by atoms with Crippen LogP contribution in [0.15, 0.2) is 42.7 Å². The van der Waals surface area contributed by atoms with Gasteiger partial charge in [-0.25, -0.2) is 0 Å². The van der Waals surface area contributed by atoms with Crippen molar-refractivity contribution in [2.45, 2.75) is 32.9 Å². The van der Waals surface area contributed by atoms with Crippen LogP contribution >= 0.6 is 22.9 Å². The number of ketones is 1. The van der Waals surface area contributed by atoms with Crippen LogP contribution in [0.5, 0.6) is 5.75 Å². The lowest BCUT2D eigenvalue weighted by molar-refractivity contribution is -0.116. The number of Topliss-reactive ketones (excluding diaryl/α,β-unsaturated/α-hetero) is 1. The molecule has 0 spiro atoms. The number of thiophene rings is 1. The molecular weight excluding hydrogens is 434 g/mol. The molecule has 0 radical (unpaired) electrons. The summed E-state index contributed by atoms with van der Waals surface area (Å²) in [4.78, 5) is 25.4. The van der Waals surface area contributed by atoms with Gasteiger partial charge in [0.05, 0.1) is 22.6 Å². The predicted octanol–water partition coefficient (Wildman–Crippen LogP) is 4.62. The lowest BCUT2D eigenvalue weighted by Crippen LogP contribution is -2.33. The number of hydrogen-bond donors (Lipinski definition) is 1. The summed E-state index contributed by atoms with van der Waals surface area (Å²) >= 11 is 7.91. The van der Waals surface area contributed by atoms with Crippen LogP contribution in [-0.2, 0) is 17.8 Å². The van der Waals surface area contributed by atoms with Gasteiger partial charge in [0.15, 0.2) is 5.78 Å². The van der Waals surface area contributed by atoms with Crippen molar-refractivity contribution < 1.29 is 14.3 Å². The van der Waals surface area contributed by atoms with Crippen LogP contribution in [0, 0.1) is 0 Å². The Morgan fingerprint density at radius 2 is 2.23 bits per heavy atom. The van der Waals surface area contributed by atoms with E-state index < -0.39 is 0 Å². The number of benzene rings is 1. The molecule has 3 heterocycles. The number of aromatic nitrogens is 2. The first-order valence-electron chi connectivity index (χ1n) is 10.0. The molecule has 6 nitrogen and oxygen atoms in total. The van der Waals surface area contributed by atoms with Crippen molar-refractivity contribution in [3.05, 3.63) is 63.8 Å². The topological polar surface area (TPSA) is 73.2 Å². The second-order valence-corrected chi connectivity index (χ2v) is 8.81. The molecule has 0 bridgehead atoms. The van der Waals surface area contributed by atoms with Crippen molar-refractivity contribution in [1.29, 1.82) is 0 Å². The zero-order valence-electron chi connectivity index (χ0n) is 17.2. The van der Waals surface area contributed by atoms with Crippen LogP contribution in [0.2, 0.25) is 5.02 Å². The van der Waals surface area contributed by atoms with Gasteiger partial charge in [-0.05, 0) is 49.8 Å². The number of fused-ring (bicyclic) bond motifs is 1. The molecule has 1 N–H and O–H groups in total. The Balaban J connectivity index is 1.37. The Labute approximate surface area is 189 Å². The number of aryl methyl sites for hydroxylation is 1. The van der Waals surface area contributed by atoms with Gasteiger partial charge in [0.1, 0.15) is 11.9 Å². The van der Waals surface area contributed by atoms with Crippen LogP contribution in [-0.4, -0.2) is 34.1 Å². The molecule has 0 saturated carbocycles. The minimum Gasteiger partial charge on any atom is -0.486 e. The largest absolute Gasteiger partial charge is 0.486 e. The lowest BCUT2D eigenvalue weighted by atomic mass is 10.1. The number of ether oxygens (including phenoxy) is 1. The average Bonchev–Trinajstić information content (AvgIpc) is 3.49. The highest BCUT2D eigenvalue weighted by atomic mass is 35.5. The second-order valence-electron chi connectivity index (χ2n) is 7.32. The standard InChI is InChI=1S/C23H22ClN3O3S/c1-3-27-13-15(11-26-27)4-7-22(29)25-12-18-9-17-8-16(10-19(24)23(17)30-18)21-6-5-20(31-21)14(2)28/h4-8,10-11,13,18H,3,9,12H2,1-2H3,(H,25,29)/b7-4+. The Bertz CT molecular complexity index is 1160. The monoisotopic (exact) mass is 455 g/mol. The third-order valence-corrected chi connectivity index (χ3v) is 6.51. The van der Waals surface area contributed by atoms with Gasteiger partial charge in [-0.2, -0.15) is 5.10 Å². The summed E-state index contributed by atoms with van der Waals surface area (Å²) in [6.45, 7) is 4.73. The van der Waals surface area contributed by atoms with E-state index in [4.69, 9.17) is 16.3 Å². The number of amides is 1. The number of halogens is 1. The fourth-order valence-electron chi connectivity index (χ4n) is 3.41. The molecule has 1 aliphatic rings. The molecular formula is C23H22ClN3O3S. The van der Waals surface area contributed by atoms with Gasteiger partial charge in [0.25, 0.3) is 0 Å². The minimum absolute atomic E-state index is 0.0518. The van der Waals surface area contributed by atoms with Crippen LogP contribution in [0.1, 0.15) is 34.6 Å². The zero-order valence-corrected chi connectivity index (χ0v) is 18.8. The maximum absolute atomic E-state index is 12.2. The smallest absolute Gasteiger partial charge is 0.244 e. The molecule has 0 saturated heterocycles. The first-order valence-corrected chi connectivity index (χ1v) is 11.2. The maximum Gasteiger partial charge on any atom is 0.244 e. The third-order valence-electron chi connectivity index (χ3n) is 5.00. The second kappa shape index (κ2) is 9.08. The van der Waals surface area contributed by atoms with Crippen molar-refractivity contribution in [2.24, 2.45) is 0 Å². The van der Waals surface area contributed by atoms with E-state index in [-0.39, 0.29) is 17.8 Å². The van der Waals surface area contributed by atoms with Crippen LogP contribution in [0.3, 0.4) is 0 Å². The quantitative estimate of drug-likeness (QED) is 0.416. The molecule has 4 rings (SSSR count). The van der Waals surface area contributed by atoms with E-state index in [9.17, 15) is 9.59 Å². The van der Waals surface area contributed by atoms with E-state index in [0.717, 1.165) is 33.0 Å². The highest BCUT2D eigenvalue weighted by molar-refractivity contribution is 7.17. The maximum atomic E-state index is 12.2. The molecule has 31 heavy (non-hydrogen) atoms. The molecule has 160 valence electrons. The third kappa shape index (κ3) is 4.89. The summed E-state index contributed by atoms with van der Waals surface area (Å²) in [5.41, 5.74) is 2.84. The first kappa shape index (κ1) is 21.3. The summed E-state index contributed by atoms with van der Waals surface area (Å²) < 4.78 is 7.77. The fourth-order valence-corrected chi connectivity index (χ4v) is 4.58. The number of nitrogens with zero attached hydrogens (tertiary/aromatic N) is 2. The molecule has 1 aliphatic heterocycles. The van der Waals surface area contributed by atoms with Gasteiger partial charge in [0.2, 0.25) is 5.91 Å². The summed E-state index contributed by atoms with van der Waals surface area (Å²) in [6.07, 6.45) is 7.30. The van der Waals surface area contributed by atoms with Gasteiger partial charge in [-0.3, -0.25) is 14.3 Å². The van der Waals surface area contributed by atoms with E-state index in [0.29, 0.717) is 23.7 Å². The molecule has 8 heteroatoms. The molecule has 1 unspecified atom stereocenters. The highest BCUT2D eigenvalue weighted by Gasteiger charge is 2.26.